The average molecular weight is 540 g/mol. The summed E-state index contributed by atoms with van der Waals surface area (Å²) in [6.07, 6.45) is 0.328. The molecule has 3 aliphatic carbocycles. The van der Waals surface area contributed by atoms with Crippen molar-refractivity contribution in [2.45, 2.75) is 24.5 Å². The number of ketones is 4. The molecule has 1 aromatic carbocycles. The van der Waals surface area contributed by atoms with Crippen molar-refractivity contribution in [3.8, 4) is 5.75 Å². The third kappa shape index (κ3) is 2.84. The second kappa shape index (κ2) is 7.17. The number of nitrogens with zero attached hydrogens (tertiary/aromatic N) is 1. The first-order valence-corrected chi connectivity index (χ1v) is 10.9. The van der Waals surface area contributed by atoms with Gasteiger partial charge in [-0.2, -0.15) is 0 Å². The summed E-state index contributed by atoms with van der Waals surface area (Å²) in [5, 5.41) is 21.7. The highest BCUT2D eigenvalue weighted by molar-refractivity contribution is 14.1. The Kier molecular flexibility index (Phi) is 5.10. The summed E-state index contributed by atoms with van der Waals surface area (Å²) in [6, 6.07) is 1.93. The molecule has 0 heterocycles. The van der Waals surface area contributed by atoms with E-state index in [2.05, 4.69) is 0 Å². The molecule has 9 nitrogen and oxygen atoms in total. The van der Waals surface area contributed by atoms with E-state index in [4.69, 9.17) is 5.73 Å². The van der Waals surface area contributed by atoms with Crippen molar-refractivity contribution in [3.05, 3.63) is 26.8 Å². The van der Waals surface area contributed by atoms with E-state index in [9.17, 15) is 34.2 Å². The lowest BCUT2D eigenvalue weighted by Gasteiger charge is -2.52. The lowest BCUT2D eigenvalue weighted by Crippen LogP contribution is -2.74. The molecule has 0 saturated heterocycles. The summed E-state index contributed by atoms with van der Waals surface area (Å²) >= 11 is 2.04. The number of hydrogen-bond donors (Lipinski definition) is 3. The summed E-state index contributed by atoms with van der Waals surface area (Å²) in [4.78, 5) is 66.2. The van der Waals surface area contributed by atoms with Crippen molar-refractivity contribution in [3.63, 3.8) is 0 Å². The summed E-state index contributed by atoms with van der Waals surface area (Å²) in [5.74, 6) is -10.2. The van der Waals surface area contributed by atoms with Gasteiger partial charge in [0.1, 0.15) is 5.75 Å². The van der Waals surface area contributed by atoms with E-state index in [1.165, 1.54) is 11.0 Å². The Bertz CT molecular complexity index is 1070. The third-order valence-electron chi connectivity index (χ3n) is 6.89. The Labute approximate surface area is 191 Å². The van der Waals surface area contributed by atoms with Gasteiger partial charge in [-0.25, -0.2) is 0 Å². The fourth-order valence-corrected chi connectivity index (χ4v) is 6.24. The topological polar surface area (TPSA) is 155 Å². The van der Waals surface area contributed by atoms with Gasteiger partial charge in [-0.3, -0.25) is 28.9 Å². The first-order chi connectivity index (χ1) is 14.4. The number of aliphatic hydroxyl groups is 1. The minimum atomic E-state index is -2.69. The van der Waals surface area contributed by atoms with Crippen LogP contribution in [0.2, 0.25) is 0 Å². The fraction of sp³-hybridized carbons (Fsp3) is 0.476. The van der Waals surface area contributed by atoms with Gasteiger partial charge in [0.05, 0.1) is 17.5 Å². The molecule has 1 aromatic rings. The maximum Gasteiger partial charge on any atom is 0.235 e. The molecule has 10 heteroatoms. The quantitative estimate of drug-likeness (QED) is 0.334. The predicted octanol–water partition coefficient (Wildman–Crippen LogP) is -0.528. The van der Waals surface area contributed by atoms with Crippen LogP contribution in [0, 0.1) is 27.2 Å². The number of hydrogen-bond acceptors (Lipinski definition) is 8. The van der Waals surface area contributed by atoms with Crippen LogP contribution in [0.3, 0.4) is 0 Å². The number of Topliss-reactive ketones (excluding diaryl/α,β-unsaturated/α-hetero) is 4. The first kappa shape index (κ1) is 22.0. The van der Waals surface area contributed by atoms with Crippen molar-refractivity contribution in [1.29, 1.82) is 0 Å². The Morgan fingerprint density at radius 2 is 1.84 bits per heavy atom. The van der Waals surface area contributed by atoms with Gasteiger partial charge >= 0.3 is 0 Å². The number of fused-ring (bicyclic) bond motifs is 3. The Balaban J connectivity index is 1.88. The minimum absolute atomic E-state index is 0.0125. The minimum Gasteiger partial charge on any atom is -0.507 e. The molecule has 164 valence electrons. The smallest absolute Gasteiger partial charge is 0.235 e. The van der Waals surface area contributed by atoms with Gasteiger partial charge in [-0.15, -0.1) is 0 Å². The number of nitrogens with two attached hydrogens (primary N) is 1. The van der Waals surface area contributed by atoms with Gasteiger partial charge in [0.25, 0.3) is 0 Å². The third-order valence-corrected chi connectivity index (χ3v) is 7.90. The zero-order chi connectivity index (χ0) is 23.0. The number of amides is 1. The molecule has 0 aromatic heterocycles. The van der Waals surface area contributed by atoms with Crippen LogP contribution in [0.4, 0.5) is 0 Å². The molecular formula is C21H21IN2O7. The van der Waals surface area contributed by atoms with Crippen LogP contribution in [0.1, 0.15) is 22.3 Å². The molecule has 0 spiro atoms. The molecule has 2 fully saturated rings. The molecule has 4 unspecified atom stereocenters. The van der Waals surface area contributed by atoms with E-state index in [1.54, 1.807) is 20.2 Å². The van der Waals surface area contributed by atoms with Crippen LogP contribution in [0.5, 0.6) is 5.75 Å². The van der Waals surface area contributed by atoms with Crippen molar-refractivity contribution >= 4 is 51.6 Å². The van der Waals surface area contributed by atoms with E-state index in [0.29, 0.717) is 5.56 Å². The van der Waals surface area contributed by atoms with Gasteiger partial charge in [0, 0.05) is 9.49 Å². The SMILES string of the molecule is CN(C)[C@@H]1C(=O)C(C(N)=O)C(=O)[C@@]2(O)C(=O)C3C(=O)c4c(O)ccc(I)c4CC3CC12. The molecule has 4 rings (SSSR count). The van der Waals surface area contributed by atoms with Crippen molar-refractivity contribution in [2.24, 2.45) is 29.4 Å². The highest BCUT2D eigenvalue weighted by atomic mass is 127. The molecule has 31 heavy (non-hydrogen) atoms. The maximum absolute atomic E-state index is 13.5. The lowest BCUT2D eigenvalue weighted by atomic mass is 9.52. The van der Waals surface area contributed by atoms with Crippen LogP contribution in [-0.4, -0.2) is 69.9 Å². The number of benzene rings is 1. The molecule has 0 bridgehead atoms. The zero-order valence-corrected chi connectivity index (χ0v) is 19.0. The van der Waals surface area contributed by atoms with Crippen LogP contribution >= 0.6 is 22.6 Å². The Hall–Kier alpha value is -2.18. The van der Waals surface area contributed by atoms with E-state index in [1.807, 2.05) is 22.6 Å². The number of aromatic hydroxyl groups is 1. The van der Waals surface area contributed by atoms with Gasteiger partial charge < -0.3 is 15.9 Å². The number of primary amides is 1. The summed E-state index contributed by atoms with van der Waals surface area (Å²) in [6.45, 7) is 0. The molecule has 0 radical (unpaired) electrons. The fourth-order valence-electron chi connectivity index (χ4n) is 5.57. The molecule has 1 amide bonds. The van der Waals surface area contributed by atoms with Crippen LogP contribution in [-0.2, 0) is 25.6 Å². The van der Waals surface area contributed by atoms with Crippen LogP contribution < -0.4 is 5.73 Å². The van der Waals surface area contributed by atoms with E-state index >= 15 is 0 Å². The van der Waals surface area contributed by atoms with Gasteiger partial charge in [-0.1, -0.05) is 0 Å². The average Bonchev–Trinajstić information content (AvgIpc) is 2.67. The first-order valence-electron chi connectivity index (χ1n) is 9.77. The summed E-state index contributed by atoms with van der Waals surface area (Å²) in [7, 11) is 3.10. The number of halogens is 1. The zero-order valence-electron chi connectivity index (χ0n) is 16.8. The Morgan fingerprint density at radius 3 is 2.42 bits per heavy atom. The number of carbonyl (C=O) groups excluding carboxylic acids is 5. The van der Waals surface area contributed by atoms with E-state index < -0.39 is 64.4 Å². The number of likely N-dealkylation sites (N-methyl/N-ethyl adjacent to an activating group) is 1. The normalized spacial score (nSPS) is 34.9. The molecular weight excluding hydrogens is 519 g/mol. The number of carbonyl (C=O) groups is 5. The lowest BCUT2D eigenvalue weighted by molar-refractivity contribution is -0.181. The second-order valence-corrected chi connectivity index (χ2v) is 9.87. The molecule has 6 atom stereocenters. The second-order valence-electron chi connectivity index (χ2n) is 8.71. The monoisotopic (exact) mass is 540 g/mol. The highest BCUT2D eigenvalue weighted by Gasteiger charge is 2.69. The largest absolute Gasteiger partial charge is 0.507 e. The van der Waals surface area contributed by atoms with E-state index in [0.717, 1.165) is 3.57 Å². The molecule has 4 N–H and O–H groups in total. The predicted molar refractivity (Wildman–Crippen MR) is 114 cm³/mol. The van der Waals surface area contributed by atoms with Gasteiger partial charge in [0.15, 0.2) is 34.7 Å². The summed E-state index contributed by atoms with van der Waals surface area (Å²) < 4.78 is 0.749. The van der Waals surface area contributed by atoms with Crippen molar-refractivity contribution in [2.75, 3.05) is 14.1 Å². The van der Waals surface area contributed by atoms with Gasteiger partial charge in [-0.05, 0) is 73.1 Å². The maximum atomic E-state index is 13.5. The molecule has 2 saturated carbocycles. The van der Waals surface area contributed by atoms with Crippen molar-refractivity contribution < 1.29 is 34.2 Å². The molecule has 3 aliphatic rings. The van der Waals surface area contributed by atoms with E-state index in [-0.39, 0.29) is 24.2 Å². The van der Waals surface area contributed by atoms with Crippen LogP contribution in [0.15, 0.2) is 12.1 Å². The number of phenols is 1. The molecule has 0 aliphatic heterocycles. The van der Waals surface area contributed by atoms with Crippen LogP contribution in [0.25, 0.3) is 0 Å². The standard InChI is InChI=1S/C21H21IN2O7/c1-24(2)15-9-6-7-5-8-10(22)3-4-11(25)13(8)16(26)12(7)18(28)21(9,31)19(29)14(17(15)27)20(23)30/h3-4,7,9,12,14-15,25,31H,5-6H2,1-2H3,(H2,23,30)/t7?,9?,12?,14?,15-,21-/m0/s1. The van der Waals surface area contributed by atoms with Crippen molar-refractivity contribution in [1.82, 2.24) is 4.90 Å². The Morgan fingerprint density at radius 1 is 1.19 bits per heavy atom. The number of rotatable bonds is 2. The highest BCUT2D eigenvalue weighted by Crippen LogP contribution is 2.50. The van der Waals surface area contributed by atoms with Gasteiger partial charge in [0.2, 0.25) is 5.91 Å². The summed E-state index contributed by atoms with van der Waals surface area (Å²) in [5.41, 5.74) is 3.21. The number of phenolic OH excluding ortho intramolecular Hbond substituents is 1.